The molecule has 16 rings (SSSR count). The zero-order chi connectivity index (χ0) is 55.0. The molecule has 12 aromatic carbocycles. The first-order valence-corrected chi connectivity index (χ1v) is 28.4. The van der Waals surface area contributed by atoms with Crippen molar-refractivity contribution in [2.45, 2.75) is 6.92 Å². The molecule has 0 unspecified atom stereocenters. The Morgan fingerprint density at radius 2 is 0.759 bits per heavy atom. The van der Waals surface area contributed by atoms with Crippen LogP contribution in [0.1, 0.15) is 5.56 Å². The van der Waals surface area contributed by atoms with Crippen LogP contribution >= 0.6 is 0 Å². The number of benzene rings is 12. The fraction of sp³-hybridized carbons (Fsp3) is 0.0132. The zero-order valence-electron chi connectivity index (χ0n) is 45.5. The molecule has 0 radical (unpaired) electrons. The summed E-state index contributed by atoms with van der Waals surface area (Å²) in [6.45, 7) is 2.15. The molecular formula is C76H51BN6. The minimum atomic E-state index is 0.0115. The molecule has 0 amide bonds. The predicted octanol–water partition coefficient (Wildman–Crippen LogP) is 17.4. The molecule has 83 heavy (non-hydrogen) atoms. The Bertz CT molecular complexity index is 4640. The summed E-state index contributed by atoms with van der Waals surface area (Å²) in [5, 5.41) is 2.38. The summed E-state index contributed by atoms with van der Waals surface area (Å²) in [6, 6.07) is 105. The summed E-state index contributed by atoms with van der Waals surface area (Å²) in [4.78, 5) is 20.6. The molecule has 388 valence electrons. The lowest BCUT2D eigenvalue weighted by molar-refractivity contribution is 1.07. The standard InChI is InChI=1S/C76H51BN6/c1-50-37-39-51(40-38-50)55-41-43-68-63(46-55)61-31-14-17-34-66(61)83(68)67-44-42-57(76-79-74(52-21-6-2-7-22-52)78-75(80-76)53-23-8-3-9-24-53)47-62(67)56-26-20-25-54(45-56)58-48-71-73-72(49-58)82(60-29-12-5-13-30-60)70-36-19-16-33-65(70)77(73)64-32-15-18-35-69(64)81(71)59-27-10-4-11-28-59/h2-49H,1H3. The number of hydrogen-bond donors (Lipinski definition) is 0. The SMILES string of the molecule is Cc1ccc(-c2ccc3c(c2)c2ccccc2n3-c2ccc(-c3nc(-c4ccccc4)nc(-c4ccccc4)n3)cc2-c2cccc(-c3cc4c5c(c3)N(c3ccccc3)c3ccccc3B5c3ccccc3N4c3ccccc3)c2)cc1. The first kappa shape index (κ1) is 48.1. The Hall–Kier alpha value is -10.9. The van der Waals surface area contributed by atoms with Crippen LogP contribution in [0.25, 0.3) is 95.0 Å². The van der Waals surface area contributed by atoms with Crippen molar-refractivity contribution in [1.29, 1.82) is 0 Å². The average Bonchev–Trinajstić information content (AvgIpc) is 3.90. The van der Waals surface area contributed by atoms with E-state index in [1.807, 2.05) is 36.4 Å². The molecule has 0 saturated carbocycles. The van der Waals surface area contributed by atoms with Gasteiger partial charge in [0.25, 0.3) is 6.71 Å². The lowest BCUT2D eigenvalue weighted by Gasteiger charge is -2.44. The maximum atomic E-state index is 5.26. The van der Waals surface area contributed by atoms with Crippen LogP contribution in [0.3, 0.4) is 0 Å². The second-order valence-corrected chi connectivity index (χ2v) is 21.6. The van der Waals surface area contributed by atoms with Crippen LogP contribution < -0.4 is 26.2 Å². The van der Waals surface area contributed by atoms with Gasteiger partial charge in [-0.3, -0.25) is 0 Å². The Morgan fingerprint density at radius 1 is 0.289 bits per heavy atom. The molecule has 0 atom stereocenters. The molecule has 0 aliphatic carbocycles. The summed E-state index contributed by atoms with van der Waals surface area (Å²) in [6.07, 6.45) is 0. The normalized spacial score (nSPS) is 12.3. The summed E-state index contributed by atoms with van der Waals surface area (Å²) >= 11 is 0. The van der Waals surface area contributed by atoms with Gasteiger partial charge in [0.15, 0.2) is 17.5 Å². The Labute approximate surface area is 482 Å². The molecule has 14 aromatic rings. The molecule has 0 N–H and O–H groups in total. The van der Waals surface area contributed by atoms with Crippen LogP contribution in [0.4, 0.5) is 34.1 Å². The number of aryl methyl sites for hydroxylation is 1. The highest BCUT2D eigenvalue weighted by Crippen LogP contribution is 2.47. The highest BCUT2D eigenvalue weighted by Gasteiger charge is 2.43. The van der Waals surface area contributed by atoms with Gasteiger partial charge in [-0.2, -0.15) is 0 Å². The van der Waals surface area contributed by atoms with Crippen molar-refractivity contribution in [2.75, 3.05) is 9.80 Å². The average molecular weight is 1060 g/mol. The van der Waals surface area contributed by atoms with Crippen molar-refractivity contribution in [1.82, 2.24) is 19.5 Å². The van der Waals surface area contributed by atoms with Gasteiger partial charge in [-0.25, -0.2) is 15.0 Å². The van der Waals surface area contributed by atoms with E-state index in [4.69, 9.17) is 15.0 Å². The van der Waals surface area contributed by atoms with Gasteiger partial charge in [-0.1, -0.05) is 206 Å². The molecule has 0 spiro atoms. The van der Waals surface area contributed by atoms with Gasteiger partial charge < -0.3 is 14.4 Å². The van der Waals surface area contributed by atoms with E-state index in [2.05, 4.69) is 276 Å². The third-order valence-electron chi connectivity index (χ3n) is 16.7. The van der Waals surface area contributed by atoms with Gasteiger partial charge in [-0.05, 0) is 142 Å². The first-order valence-electron chi connectivity index (χ1n) is 28.4. The summed E-state index contributed by atoms with van der Waals surface area (Å²) in [5.74, 6) is 1.83. The van der Waals surface area contributed by atoms with Crippen LogP contribution in [0, 0.1) is 6.92 Å². The van der Waals surface area contributed by atoms with Crippen LogP contribution in [0.5, 0.6) is 0 Å². The molecule has 6 nitrogen and oxygen atoms in total. The lowest BCUT2D eigenvalue weighted by atomic mass is 9.33. The number of nitrogens with zero attached hydrogens (tertiary/aromatic N) is 6. The molecule has 0 saturated heterocycles. The molecular weight excluding hydrogens is 1010 g/mol. The quantitative estimate of drug-likeness (QED) is 0.135. The first-order chi connectivity index (χ1) is 41.1. The fourth-order valence-electron chi connectivity index (χ4n) is 12.8. The van der Waals surface area contributed by atoms with Crippen LogP contribution in [0.15, 0.2) is 291 Å². The van der Waals surface area contributed by atoms with Crippen LogP contribution in [0.2, 0.25) is 0 Å². The molecule has 2 aromatic heterocycles. The van der Waals surface area contributed by atoms with E-state index in [0.717, 1.165) is 78.4 Å². The molecule has 7 heteroatoms. The summed E-state index contributed by atoms with van der Waals surface area (Å²) in [7, 11) is 0. The van der Waals surface area contributed by atoms with Gasteiger partial charge in [0, 0.05) is 67.2 Å². The minimum absolute atomic E-state index is 0.0115. The number of anilines is 6. The monoisotopic (exact) mass is 1060 g/mol. The highest BCUT2D eigenvalue weighted by atomic mass is 15.2. The van der Waals surface area contributed by atoms with Crippen molar-refractivity contribution in [3.63, 3.8) is 0 Å². The third kappa shape index (κ3) is 8.15. The highest BCUT2D eigenvalue weighted by molar-refractivity contribution is 7.00. The molecule has 0 bridgehead atoms. The van der Waals surface area contributed by atoms with Crippen molar-refractivity contribution < 1.29 is 0 Å². The van der Waals surface area contributed by atoms with Gasteiger partial charge >= 0.3 is 0 Å². The van der Waals surface area contributed by atoms with Crippen LogP contribution in [-0.4, -0.2) is 26.2 Å². The molecule has 4 heterocycles. The van der Waals surface area contributed by atoms with Crippen molar-refractivity contribution >= 4 is 79.0 Å². The second kappa shape index (κ2) is 19.7. The van der Waals surface area contributed by atoms with E-state index in [1.165, 1.54) is 55.2 Å². The fourth-order valence-corrected chi connectivity index (χ4v) is 12.8. The van der Waals surface area contributed by atoms with E-state index in [1.54, 1.807) is 0 Å². The zero-order valence-corrected chi connectivity index (χ0v) is 45.5. The van der Waals surface area contributed by atoms with Gasteiger partial charge in [0.05, 0.1) is 16.7 Å². The lowest BCUT2D eigenvalue weighted by Crippen LogP contribution is -2.61. The number of fused-ring (bicyclic) bond motifs is 7. The van der Waals surface area contributed by atoms with Gasteiger partial charge in [-0.15, -0.1) is 0 Å². The second-order valence-electron chi connectivity index (χ2n) is 21.6. The Balaban J connectivity index is 0.940. The van der Waals surface area contributed by atoms with Gasteiger partial charge in [0.1, 0.15) is 0 Å². The topological polar surface area (TPSA) is 50.1 Å². The number of hydrogen-bond acceptors (Lipinski definition) is 5. The summed E-state index contributed by atoms with van der Waals surface area (Å²) < 4.78 is 2.45. The number of para-hydroxylation sites is 5. The maximum Gasteiger partial charge on any atom is 0.252 e. The predicted molar refractivity (Wildman–Crippen MR) is 346 cm³/mol. The van der Waals surface area contributed by atoms with Crippen molar-refractivity contribution in [2.24, 2.45) is 0 Å². The third-order valence-corrected chi connectivity index (χ3v) is 16.7. The van der Waals surface area contributed by atoms with Crippen molar-refractivity contribution in [3.8, 4) is 73.2 Å². The van der Waals surface area contributed by atoms with Crippen LogP contribution in [-0.2, 0) is 0 Å². The largest absolute Gasteiger partial charge is 0.311 e. The minimum Gasteiger partial charge on any atom is -0.311 e. The van der Waals surface area contributed by atoms with E-state index >= 15 is 0 Å². The van der Waals surface area contributed by atoms with Crippen molar-refractivity contribution in [3.05, 3.63) is 297 Å². The molecule has 2 aliphatic rings. The number of aromatic nitrogens is 4. The van der Waals surface area contributed by atoms with E-state index in [9.17, 15) is 0 Å². The molecule has 2 aliphatic heterocycles. The van der Waals surface area contributed by atoms with E-state index < -0.39 is 0 Å². The Morgan fingerprint density at radius 3 is 1.37 bits per heavy atom. The van der Waals surface area contributed by atoms with E-state index in [-0.39, 0.29) is 6.71 Å². The molecule has 0 fully saturated rings. The maximum absolute atomic E-state index is 5.26. The van der Waals surface area contributed by atoms with Gasteiger partial charge in [0.2, 0.25) is 0 Å². The number of rotatable bonds is 9. The summed E-state index contributed by atoms with van der Waals surface area (Å²) in [5.41, 5.74) is 24.7. The Kier molecular flexibility index (Phi) is 11.4. The van der Waals surface area contributed by atoms with E-state index in [0.29, 0.717) is 17.5 Å². The smallest absolute Gasteiger partial charge is 0.252 e.